The number of hydrogen-bond acceptors (Lipinski definition) is 1. The van der Waals surface area contributed by atoms with Crippen LogP contribution < -0.4 is 0 Å². The van der Waals surface area contributed by atoms with Gasteiger partial charge in [0.1, 0.15) is 0 Å². The predicted octanol–water partition coefficient (Wildman–Crippen LogP) is 2.54. The maximum Gasteiger partial charge on any atom is 0.0744 e. The molecule has 0 aliphatic carbocycles. The van der Waals surface area contributed by atoms with E-state index < -0.39 is 0 Å². The quantitative estimate of drug-likeness (QED) is 0.539. The Kier molecular flexibility index (Phi) is 2.31. The second kappa shape index (κ2) is 3.12. The molecule has 0 aromatic rings. The molecular formula is C8H12Cl2O. The summed E-state index contributed by atoms with van der Waals surface area (Å²) in [5, 5.41) is 0.396. The van der Waals surface area contributed by atoms with Gasteiger partial charge in [-0.1, -0.05) is 0 Å². The van der Waals surface area contributed by atoms with E-state index >= 15 is 0 Å². The van der Waals surface area contributed by atoms with E-state index in [2.05, 4.69) is 0 Å². The zero-order chi connectivity index (χ0) is 7.84. The number of alkyl halides is 2. The van der Waals surface area contributed by atoms with Gasteiger partial charge in [0.05, 0.1) is 23.0 Å². The first-order valence-electron chi connectivity index (χ1n) is 4.21. The lowest BCUT2D eigenvalue weighted by atomic mass is 10.0. The highest BCUT2D eigenvalue weighted by molar-refractivity contribution is 6.22. The Bertz CT molecular complexity index is 135. The van der Waals surface area contributed by atoms with Crippen LogP contribution in [0.2, 0.25) is 0 Å². The summed E-state index contributed by atoms with van der Waals surface area (Å²) in [6, 6.07) is 0. The molecule has 0 radical (unpaired) electrons. The summed E-state index contributed by atoms with van der Waals surface area (Å²) in [4.78, 5) is 0. The minimum Gasteiger partial charge on any atom is -0.372 e. The van der Waals surface area contributed by atoms with Crippen molar-refractivity contribution in [1.29, 1.82) is 0 Å². The van der Waals surface area contributed by atoms with Gasteiger partial charge < -0.3 is 4.74 Å². The van der Waals surface area contributed by atoms with Crippen LogP contribution in [0.4, 0.5) is 0 Å². The van der Waals surface area contributed by atoms with Crippen molar-refractivity contribution in [3.63, 3.8) is 0 Å². The normalized spacial score (nSPS) is 50.7. The average Bonchev–Trinajstić information content (AvgIpc) is 2.42. The number of fused-ring (bicyclic) bond motifs is 2. The van der Waals surface area contributed by atoms with Gasteiger partial charge in [0, 0.05) is 0 Å². The molecule has 2 aliphatic rings. The van der Waals surface area contributed by atoms with Gasteiger partial charge in [-0.05, 0) is 25.7 Å². The molecule has 11 heavy (non-hydrogen) atoms. The minimum atomic E-state index is 0.198. The lowest BCUT2D eigenvalue weighted by Crippen LogP contribution is -2.19. The van der Waals surface area contributed by atoms with Crippen molar-refractivity contribution in [1.82, 2.24) is 0 Å². The van der Waals surface area contributed by atoms with Gasteiger partial charge in [0.25, 0.3) is 0 Å². The van der Waals surface area contributed by atoms with E-state index in [1.807, 2.05) is 0 Å². The maximum atomic E-state index is 6.10. The molecule has 4 atom stereocenters. The van der Waals surface area contributed by atoms with Crippen LogP contribution in [-0.4, -0.2) is 23.0 Å². The zero-order valence-corrected chi connectivity index (χ0v) is 7.81. The predicted molar refractivity (Wildman–Crippen MR) is 46.4 cm³/mol. The number of hydrogen-bond donors (Lipinski definition) is 0. The van der Waals surface area contributed by atoms with E-state index in [9.17, 15) is 0 Å². The summed E-state index contributed by atoms with van der Waals surface area (Å²) in [5.74, 6) is 0. The maximum absolute atomic E-state index is 6.10. The Balaban J connectivity index is 2.07. The molecule has 1 nitrogen and oxygen atoms in total. The van der Waals surface area contributed by atoms with E-state index in [1.165, 1.54) is 0 Å². The highest BCUT2D eigenvalue weighted by Crippen LogP contribution is 2.35. The van der Waals surface area contributed by atoms with E-state index in [-0.39, 0.29) is 23.0 Å². The molecular weight excluding hydrogens is 183 g/mol. The lowest BCUT2D eigenvalue weighted by molar-refractivity contribution is 0.0535. The van der Waals surface area contributed by atoms with Crippen molar-refractivity contribution in [3.05, 3.63) is 0 Å². The fourth-order valence-corrected chi connectivity index (χ4v) is 2.53. The molecule has 2 heterocycles. The molecule has 2 bridgehead atoms. The fourth-order valence-electron chi connectivity index (χ4n) is 1.91. The molecule has 2 fully saturated rings. The third-order valence-corrected chi connectivity index (χ3v) is 3.61. The van der Waals surface area contributed by atoms with Crippen LogP contribution in [0.25, 0.3) is 0 Å². The van der Waals surface area contributed by atoms with Gasteiger partial charge >= 0.3 is 0 Å². The Morgan fingerprint density at radius 2 is 1.27 bits per heavy atom. The molecule has 64 valence electrons. The van der Waals surface area contributed by atoms with Gasteiger partial charge in [0.2, 0.25) is 0 Å². The summed E-state index contributed by atoms with van der Waals surface area (Å²) in [6.07, 6.45) is 4.79. The molecule has 2 aliphatic heterocycles. The molecule has 0 spiro atoms. The van der Waals surface area contributed by atoms with Crippen LogP contribution >= 0.6 is 23.2 Å². The van der Waals surface area contributed by atoms with Gasteiger partial charge in [-0.3, -0.25) is 0 Å². The van der Waals surface area contributed by atoms with Crippen molar-refractivity contribution in [2.75, 3.05) is 0 Å². The minimum absolute atomic E-state index is 0.198. The highest BCUT2D eigenvalue weighted by atomic mass is 35.5. The first-order chi connectivity index (χ1) is 5.27. The number of rotatable bonds is 0. The number of ether oxygens (including phenoxy) is 1. The third-order valence-electron chi connectivity index (χ3n) is 2.61. The summed E-state index contributed by atoms with van der Waals surface area (Å²) in [5.41, 5.74) is 0. The van der Waals surface area contributed by atoms with Crippen LogP contribution in [0.5, 0.6) is 0 Å². The van der Waals surface area contributed by atoms with Crippen molar-refractivity contribution in [3.8, 4) is 0 Å². The molecule has 3 heteroatoms. The third kappa shape index (κ3) is 1.51. The van der Waals surface area contributed by atoms with Gasteiger partial charge in [0.15, 0.2) is 0 Å². The summed E-state index contributed by atoms with van der Waals surface area (Å²) in [6.45, 7) is 0. The van der Waals surface area contributed by atoms with Crippen molar-refractivity contribution in [2.45, 2.75) is 48.6 Å². The molecule has 2 rings (SSSR count). The Labute approximate surface area is 77.0 Å². The highest BCUT2D eigenvalue weighted by Gasteiger charge is 2.37. The molecule has 0 saturated carbocycles. The SMILES string of the molecule is Cl[C@@H]1CC[C@H](Cl)[C@@H]2CC[C@H]1O2. The standard InChI is InChI=1S/C8H12Cl2O/c9-5-1-2-6(10)8-4-3-7(5)11-8/h5-8H,1-4H2/t5-,6+,7-,8+. The first-order valence-corrected chi connectivity index (χ1v) is 5.08. The second-order valence-corrected chi connectivity index (χ2v) is 4.52. The van der Waals surface area contributed by atoms with Gasteiger partial charge in [-0.2, -0.15) is 0 Å². The smallest absolute Gasteiger partial charge is 0.0744 e. The van der Waals surface area contributed by atoms with Crippen LogP contribution in [0.1, 0.15) is 25.7 Å². The van der Waals surface area contributed by atoms with Crippen molar-refractivity contribution >= 4 is 23.2 Å². The zero-order valence-electron chi connectivity index (χ0n) is 6.30. The van der Waals surface area contributed by atoms with E-state index in [4.69, 9.17) is 27.9 Å². The largest absolute Gasteiger partial charge is 0.372 e. The Morgan fingerprint density at radius 1 is 0.818 bits per heavy atom. The molecule has 2 saturated heterocycles. The molecule has 0 N–H and O–H groups in total. The van der Waals surface area contributed by atoms with Gasteiger partial charge in [-0.25, -0.2) is 0 Å². The van der Waals surface area contributed by atoms with Gasteiger partial charge in [-0.15, -0.1) is 23.2 Å². The lowest BCUT2D eigenvalue weighted by Gasteiger charge is -2.12. The fraction of sp³-hybridized carbons (Fsp3) is 1.00. The molecule has 0 aromatic carbocycles. The van der Waals surface area contributed by atoms with E-state index in [1.54, 1.807) is 0 Å². The molecule has 0 amide bonds. The average molecular weight is 195 g/mol. The van der Waals surface area contributed by atoms with Crippen LogP contribution in [0, 0.1) is 0 Å². The monoisotopic (exact) mass is 194 g/mol. The first kappa shape index (κ1) is 8.15. The Morgan fingerprint density at radius 3 is 1.73 bits per heavy atom. The second-order valence-electron chi connectivity index (χ2n) is 3.40. The van der Waals surface area contributed by atoms with Crippen LogP contribution in [0.3, 0.4) is 0 Å². The van der Waals surface area contributed by atoms with Crippen LogP contribution in [0.15, 0.2) is 0 Å². The topological polar surface area (TPSA) is 9.23 Å². The van der Waals surface area contributed by atoms with Crippen molar-refractivity contribution in [2.24, 2.45) is 0 Å². The van der Waals surface area contributed by atoms with E-state index in [0.717, 1.165) is 25.7 Å². The van der Waals surface area contributed by atoms with Crippen molar-refractivity contribution < 1.29 is 4.74 Å². The summed E-state index contributed by atoms with van der Waals surface area (Å²) < 4.78 is 5.68. The molecule has 0 aromatic heterocycles. The summed E-state index contributed by atoms with van der Waals surface area (Å²) in [7, 11) is 0. The van der Waals surface area contributed by atoms with E-state index in [0.29, 0.717) is 0 Å². The Hall–Kier alpha value is 0.540. The summed E-state index contributed by atoms with van der Waals surface area (Å²) >= 11 is 12.2. The van der Waals surface area contributed by atoms with Crippen LogP contribution in [-0.2, 0) is 4.74 Å². The number of halogens is 2. The molecule has 0 unspecified atom stereocenters.